The molecule has 0 aliphatic carbocycles. The molecule has 1 N–H and O–H groups in total. The Hall–Kier alpha value is -2.49. The van der Waals surface area contributed by atoms with Crippen molar-refractivity contribution < 1.29 is 14.3 Å². The summed E-state index contributed by atoms with van der Waals surface area (Å²) < 4.78 is 10.5. The minimum Gasteiger partial charge on any atom is -0.493 e. The maximum absolute atomic E-state index is 12.6. The molecule has 1 atom stereocenters. The smallest absolute Gasteiger partial charge is 0.251 e. The topological polar surface area (TPSA) is 47.6 Å². The highest BCUT2D eigenvalue weighted by atomic mass is 16.5. The molecule has 0 heterocycles. The van der Waals surface area contributed by atoms with Gasteiger partial charge in [-0.3, -0.25) is 4.79 Å². The first-order valence-electron chi connectivity index (χ1n) is 7.98. The first-order chi connectivity index (χ1) is 11.4. The van der Waals surface area contributed by atoms with E-state index in [-0.39, 0.29) is 11.9 Å². The lowest BCUT2D eigenvalue weighted by Gasteiger charge is -2.19. The van der Waals surface area contributed by atoms with Crippen molar-refractivity contribution in [1.29, 1.82) is 0 Å². The van der Waals surface area contributed by atoms with E-state index in [0.717, 1.165) is 5.56 Å². The number of carbonyl (C=O) groups excluding carboxylic acids is 1. The van der Waals surface area contributed by atoms with Crippen LogP contribution in [0.2, 0.25) is 0 Å². The molecule has 0 bridgehead atoms. The molecule has 1 amide bonds. The summed E-state index contributed by atoms with van der Waals surface area (Å²) >= 11 is 0. The molecule has 0 fully saturated rings. The highest BCUT2D eigenvalue weighted by Crippen LogP contribution is 2.28. The summed E-state index contributed by atoms with van der Waals surface area (Å²) in [5.74, 6) is 1.01. The van der Waals surface area contributed by atoms with Gasteiger partial charge in [-0.1, -0.05) is 12.1 Å². The van der Waals surface area contributed by atoms with Gasteiger partial charge in [0.05, 0.1) is 20.3 Å². The van der Waals surface area contributed by atoms with Gasteiger partial charge in [0.15, 0.2) is 11.5 Å². The van der Waals surface area contributed by atoms with Crippen LogP contribution in [0.3, 0.4) is 0 Å². The van der Waals surface area contributed by atoms with Gasteiger partial charge in [0.25, 0.3) is 5.91 Å². The van der Waals surface area contributed by atoms with Crippen molar-refractivity contribution in [2.75, 3.05) is 14.2 Å². The average Bonchev–Trinajstić information content (AvgIpc) is 2.57. The SMILES string of the molecule is COc1ccc(C(=O)NC(C)c2cc(C)c(C)cc2C)cc1OC. The largest absolute Gasteiger partial charge is 0.493 e. The predicted molar refractivity (Wildman–Crippen MR) is 96.1 cm³/mol. The molecular weight excluding hydrogens is 302 g/mol. The molecule has 128 valence electrons. The van der Waals surface area contributed by atoms with Gasteiger partial charge in [-0.2, -0.15) is 0 Å². The number of carbonyl (C=O) groups is 1. The third-order valence-electron chi connectivity index (χ3n) is 4.34. The molecule has 1 unspecified atom stereocenters. The fourth-order valence-corrected chi connectivity index (χ4v) is 2.78. The fraction of sp³-hybridized carbons (Fsp3) is 0.350. The summed E-state index contributed by atoms with van der Waals surface area (Å²) in [7, 11) is 3.13. The molecule has 4 nitrogen and oxygen atoms in total. The number of aryl methyl sites for hydroxylation is 3. The predicted octanol–water partition coefficient (Wildman–Crippen LogP) is 4.12. The molecule has 0 spiro atoms. The first-order valence-corrected chi connectivity index (χ1v) is 7.98. The van der Waals surface area contributed by atoms with Gasteiger partial charge in [0, 0.05) is 5.56 Å². The van der Waals surface area contributed by atoms with Gasteiger partial charge in [-0.05, 0) is 68.1 Å². The molecule has 2 rings (SSSR count). The van der Waals surface area contributed by atoms with E-state index in [1.807, 2.05) is 6.92 Å². The van der Waals surface area contributed by atoms with E-state index in [2.05, 4.69) is 38.2 Å². The molecule has 0 saturated carbocycles. The molecule has 24 heavy (non-hydrogen) atoms. The minimum atomic E-state index is -0.138. The van der Waals surface area contributed by atoms with Crippen LogP contribution in [0.4, 0.5) is 0 Å². The van der Waals surface area contributed by atoms with Crippen molar-refractivity contribution in [3.05, 3.63) is 58.1 Å². The zero-order valence-electron chi connectivity index (χ0n) is 15.2. The summed E-state index contributed by atoms with van der Waals surface area (Å²) in [5, 5.41) is 3.05. The Kier molecular flexibility index (Phi) is 5.50. The van der Waals surface area contributed by atoms with Crippen molar-refractivity contribution in [2.45, 2.75) is 33.7 Å². The van der Waals surface area contributed by atoms with Crippen LogP contribution >= 0.6 is 0 Å². The number of methoxy groups -OCH3 is 2. The average molecular weight is 327 g/mol. The van der Waals surface area contributed by atoms with E-state index < -0.39 is 0 Å². The normalized spacial score (nSPS) is 11.8. The highest BCUT2D eigenvalue weighted by Gasteiger charge is 2.16. The second-order valence-electron chi connectivity index (χ2n) is 6.06. The van der Waals surface area contributed by atoms with E-state index in [1.165, 1.54) is 16.7 Å². The van der Waals surface area contributed by atoms with Crippen molar-refractivity contribution in [2.24, 2.45) is 0 Å². The zero-order chi connectivity index (χ0) is 17.9. The Morgan fingerprint density at radius 3 is 2.17 bits per heavy atom. The lowest BCUT2D eigenvalue weighted by atomic mass is 9.96. The monoisotopic (exact) mass is 327 g/mol. The summed E-state index contributed by atoms with van der Waals surface area (Å²) in [4.78, 5) is 12.6. The quantitative estimate of drug-likeness (QED) is 0.898. The number of hydrogen-bond acceptors (Lipinski definition) is 3. The summed E-state index contributed by atoms with van der Waals surface area (Å²) in [5.41, 5.74) is 5.34. The molecule has 0 aliphatic heterocycles. The van der Waals surface area contributed by atoms with Crippen molar-refractivity contribution in [3.8, 4) is 11.5 Å². The molecule has 0 saturated heterocycles. The summed E-state index contributed by atoms with van der Waals surface area (Å²) in [6.07, 6.45) is 0. The van der Waals surface area contributed by atoms with Gasteiger partial charge in [-0.15, -0.1) is 0 Å². The van der Waals surface area contributed by atoms with Crippen LogP contribution in [0.25, 0.3) is 0 Å². The Balaban J connectivity index is 2.22. The lowest BCUT2D eigenvalue weighted by molar-refractivity contribution is 0.0939. The summed E-state index contributed by atoms with van der Waals surface area (Å²) in [6, 6.07) is 9.38. The number of ether oxygens (including phenoxy) is 2. The number of amides is 1. The highest BCUT2D eigenvalue weighted by molar-refractivity contribution is 5.95. The van der Waals surface area contributed by atoms with E-state index in [1.54, 1.807) is 32.4 Å². The van der Waals surface area contributed by atoms with Crippen LogP contribution in [0.5, 0.6) is 11.5 Å². The minimum absolute atomic E-state index is 0.0788. The third kappa shape index (κ3) is 3.70. The van der Waals surface area contributed by atoms with Gasteiger partial charge in [-0.25, -0.2) is 0 Å². The van der Waals surface area contributed by atoms with E-state index in [9.17, 15) is 4.79 Å². The van der Waals surface area contributed by atoms with E-state index >= 15 is 0 Å². The number of nitrogens with one attached hydrogen (secondary N) is 1. The molecule has 2 aromatic carbocycles. The molecule has 2 aromatic rings. The second-order valence-corrected chi connectivity index (χ2v) is 6.06. The zero-order valence-corrected chi connectivity index (χ0v) is 15.2. The maximum Gasteiger partial charge on any atom is 0.251 e. The fourth-order valence-electron chi connectivity index (χ4n) is 2.78. The van der Waals surface area contributed by atoms with Gasteiger partial charge in [0.1, 0.15) is 0 Å². The number of hydrogen-bond donors (Lipinski definition) is 1. The van der Waals surface area contributed by atoms with Gasteiger partial charge >= 0.3 is 0 Å². The lowest BCUT2D eigenvalue weighted by Crippen LogP contribution is -2.27. The molecule has 0 aliphatic rings. The van der Waals surface area contributed by atoms with E-state index in [0.29, 0.717) is 17.1 Å². The van der Waals surface area contributed by atoms with Crippen LogP contribution in [0.1, 0.15) is 45.6 Å². The van der Waals surface area contributed by atoms with Crippen molar-refractivity contribution in [3.63, 3.8) is 0 Å². The van der Waals surface area contributed by atoms with Crippen LogP contribution in [0.15, 0.2) is 30.3 Å². The Morgan fingerprint density at radius 1 is 0.917 bits per heavy atom. The number of rotatable bonds is 5. The summed E-state index contributed by atoms with van der Waals surface area (Å²) in [6.45, 7) is 8.25. The van der Waals surface area contributed by atoms with E-state index in [4.69, 9.17) is 9.47 Å². The van der Waals surface area contributed by atoms with Crippen LogP contribution in [-0.2, 0) is 0 Å². The standard InChI is InChI=1S/C20H25NO3/c1-12-9-14(3)17(10-13(12)2)15(4)21-20(22)16-7-8-18(23-5)19(11-16)24-6/h7-11,15H,1-6H3,(H,21,22). The van der Waals surface area contributed by atoms with Gasteiger partial charge in [0.2, 0.25) is 0 Å². The Bertz CT molecular complexity index is 753. The van der Waals surface area contributed by atoms with Crippen molar-refractivity contribution >= 4 is 5.91 Å². The number of benzene rings is 2. The van der Waals surface area contributed by atoms with Crippen LogP contribution in [0, 0.1) is 20.8 Å². The van der Waals surface area contributed by atoms with Crippen LogP contribution in [-0.4, -0.2) is 20.1 Å². The molecule has 0 radical (unpaired) electrons. The molecule has 0 aromatic heterocycles. The third-order valence-corrected chi connectivity index (χ3v) is 4.34. The van der Waals surface area contributed by atoms with Crippen LogP contribution < -0.4 is 14.8 Å². The molecule has 4 heteroatoms. The van der Waals surface area contributed by atoms with Gasteiger partial charge < -0.3 is 14.8 Å². The second kappa shape index (κ2) is 7.39. The Labute approximate surface area is 143 Å². The van der Waals surface area contributed by atoms with Crippen molar-refractivity contribution in [1.82, 2.24) is 5.32 Å². The molecular formula is C20H25NO3. The Morgan fingerprint density at radius 2 is 1.54 bits per heavy atom. The maximum atomic E-state index is 12.6. The first kappa shape index (κ1) is 17.9.